The number of rotatable bonds is 6. The molecule has 0 radical (unpaired) electrons. The maximum atomic E-state index is 12.5. The summed E-state index contributed by atoms with van der Waals surface area (Å²) in [6, 6.07) is 0.186. The standard InChI is InChI=1S/C19H33N3O3/c1-16(23)22(9-8-20-10-12-25-13-11-20)18-6-7-21(15-18)19(24)14-17-4-2-3-5-17/h17-18H,2-15H2,1H3. The molecule has 1 unspecified atom stereocenters. The monoisotopic (exact) mass is 351 g/mol. The van der Waals surface area contributed by atoms with E-state index in [1.54, 1.807) is 6.92 Å². The third-order valence-corrected chi connectivity index (χ3v) is 6.06. The fraction of sp³-hybridized carbons (Fsp3) is 0.895. The first-order chi connectivity index (χ1) is 12.1. The van der Waals surface area contributed by atoms with E-state index in [9.17, 15) is 9.59 Å². The van der Waals surface area contributed by atoms with E-state index in [-0.39, 0.29) is 11.9 Å². The van der Waals surface area contributed by atoms with Gasteiger partial charge < -0.3 is 14.5 Å². The summed E-state index contributed by atoms with van der Waals surface area (Å²) in [7, 11) is 0. The average Bonchev–Trinajstić information content (AvgIpc) is 3.28. The van der Waals surface area contributed by atoms with Crippen LogP contribution in [0.4, 0.5) is 0 Å². The molecule has 142 valence electrons. The van der Waals surface area contributed by atoms with Gasteiger partial charge in [-0.3, -0.25) is 14.5 Å². The molecular formula is C19H33N3O3. The first kappa shape index (κ1) is 18.6. The molecule has 0 spiro atoms. The third-order valence-electron chi connectivity index (χ3n) is 6.06. The Morgan fingerprint density at radius 3 is 2.48 bits per heavy atom. The van der Waals surface area contributed by atoms with Crippen LogP contribution >= 0.6 is 0 Å². The molecule has 6 heteroatoms. The maximum Gasteiger partial charge on any atom is 0.222 e. The second-order valence-corrected chi connectivity index (χ2v) is 7.80. The summed E-state index contributed by atoms with van der Waals surface area (Å²) in [5.41, 5.74) is 0. The highest BCUT2D eigenvalue weighted by molar-refractivity contribution is 5.77. The van der Waals surface area contributed by atoms with Crippen molar-refractivity contribution in [2.45, 2.75) is 51.5 Å². The van der Waals surface area contributed by atoms with E-state index in [1.165, 1.54) is 25.7 Å². The van der Waals surface area contributed by atoms with Gasteiger partial charge in [0.1, 0.15) is 0 Å². The van der Waals surface area contributed by atoms with E-state index in [0.29, 0.717) is 24.8 Å². The quantitative estimate of drug-likeness (QED) is 0.725. The molecule has 0 bridgehead atoms. The van der Waals surface area contributed by atoms with Gasteiger partial charge in [-0.1, -0.05) is 12.8 Å². The molecule has 6 nitrogen and oxygen atoms in total. The van der Waals surface area contributed by atoms with E-state index in [1.807, 2.05) is 9.80 Å². The van der Waals surface area contributed by atoms with E-state index >= 15 is 0 Å². The van der Waals surface area contributed by atoms with Crippen LogP contribution in [0.15, 0.2) is 0 Å². The molecule has 3 aliphatic rings. The van der Waals surface area contributed by atoms with Crippen molar-refractivity contribution >= 4 is 11.8 Å². The Bertz CT molecular complexity index is 459. The van der Waals surface area contributed by atoms with Crippen molar-refractivity contribution in [1.82, 2.24) is 14.7 Å². The molecule has 2 aliphatic heterocycles. The summed E-state index contributed by atoms with van der Waals surface area (Å²) in [5.74, 6) is 1.02. The highest BCUT2D eigenvalue weighted by Gasteiger charge is 2.32. The number of likely N-dealkylation sites (tertiary alicyclic amines) is 1. The Balaban J connectivity index is 1.46. The number of carbonyl (C=O) groups excluding carboxylic acids is 2. The number of hydrogen-bond acceptors (Lipinski definition) is 4. The third kappa shape index (κ3) is 5.17. The van der Waals surface area contributed by atoms with Crippen molar-refractivity contribution in [3.05, 3.63) is 0 Å². The molecule has 2 amide bonds. The smallest absolute Gasteiger partial charge is 0.222 e. The van der Waals surface area contributed by atoms with Gasteiger partial charge in [0.25, 0.3) is 0 Å². The van der Waals surface area contributed by atoms with Gasteiger partial charge in [-0.05, 0) is 25.2 Å². The van der Waals surface area contributed by atoms with Crippen molar-refractivity contribution in [3.63, 3.8) is 0 Å². The van der Waals surface area contributed by atoms with Crippen LogP contribution in [0.3, 0.4) is 0 Å². The Hall–Kier alpha value is -1.14. The van der Waals surface area contributed by atoms with Gasteiger partial charge in [-0.25, -0.2) is 0 Å². The summed E-state index contributed by atoms with van der Waals surface area (Å²) in [6.07, 6.45) is 6.60. The van der Waals surface area contributed by atoms with Crippen LogP contribution in [0, 0.1) is 5.92 Å². The topological polar surface area (TPSA) is 53.1 Å². The highest BCUT2D eigenvalue weighted by Crippen LogP contribution is 2.29. The lowest BCUT2D eigenvalue weighted by molar-refractivity contribution is -0.134. The van der Waals surface area contributed by atoms with Crippen LogP contribution in [-0.2, 0) is 14.3 Å². The second kappa shape index (κ2) is 8.99. The minimum atomic E-state index is 0.128. The molecule has 0 aromatic carbocycles. The summed E-state index contributed by atoms with van der Waals surface area (Å²) in [5, 5.41) is 0. The summed E-state index contributed by atoms with van der Waals surface area (Å²) in [4.78, 5) is 31.0. The largest absolute Gasteiger partial charge is 0.379 e. The van der Waals surface area contributed by atoms with Crippen molar-refractivity contribution in [3.8, 4) is 0 Å². The predicted molar refractivity (Wildman–Crippen MR) is 96.2 cm³/mol. The van der Waals surface area contributed by atoms with Crippen molar-refractivity contribution < 1.29 is 14.3 Å². The molecular weight excluding hydrogens is 318 g/mol. The van der Waals surface area contributed by atoms with E-state index in [2.05, 4.69) is 4.90 Å². The number of carbonyl (C=O) groups is 2. The van der Waals surface area contributed by atoms with Gasteiger partial charge in [-0.15, -0.1) is 0 Å². The van der Waals surface area contributed by atoms with Gasteiger partial charge in [0, 0.05) is 52.6 Å². The minimum Gasteiger partial charge on any atom is -0.379 e. The first-order valence-electron chi connectivity index (χ1n) is 9.98. The molecule has 0 aromatic heterocycles. The molecule has 2 heterocycles. The Morgan fingerprint density at radius 1 is 1.08 bits per heavy atom. The molecule has 1 saturated carbocycles. The molecule has 25 heavy (non-hydrogen) atoms. The molecule has 2 saturated heterocycles. The molecule has 0 aromatic rings. The Kier molecular flexibility index (Phi) is 6.70. The predicted octanol–water partition coefficient (Wildman–Crippen LogP) is 1.35. The molecule has 1 atom stereocenters. The maximum absolute atomic E-state index is 12.5. The number of amides is 2. The zero-order valence-electron chi connectivity index (χ0n) is 15.6. The second-order valence-electron chi connectivity index (χ2n) is 7.80. The summed E-state index contributed by atoms with van der Waals surface area (Å²) < 4.78 is 5.38. The van der Waals surface area contributed by atoms with Crippen LogP contribution < -0.4 is 0 Å². The number of hydrogen-bond donors (Lipinski definition) is 0. The van der Waals surface area contributed by atoms with Crippen LogP contribution in [0.2, 0.25) is 0 Å². The first-order valence-corrected chi connectivity index (χ1v) is 9.98. The Labute approximate surface area is 151 Å². The lowest BCUT2D eigenvalue weighted by atomic mass is 10.0. The number of nitrogens with zero attached hydrogens (tertiary/aromatic N) is 3. The fourth-order valence-corrected chi connectivity index (χ4v) is 4.48. The molecule has 1 aliphatic carbocycles. The van der Waals surface area contributed by atoms with Crippen molar-refractivity contribution in [1.29, 1.82) is 0 Å². The minimum absolute atomic E-state index is 0.128. The van der Waals surface area contributed by atoms with Gasteiger partial charge in [0.15, 0.2) is 0 Å². The zero-order chi connectivity index (χ0) is 17.6. The van der Waals surface area contributed by atoms with Crippen LogP contribution in [0.25, 0.3) is 0 Å². The van der Waals surface area contributed by atoms with Crippen molar-refractivity contribution in [2.75, 3.05) is 52.5 Å². The average molecular weight is 351 g/mol. The Morgan fingerprint density at radius 2 is 1.80 bits per heavy atom. The lowest BCUT2D eigenvalue weighted by Gasteiger charge is -2.32. The van der Waals surface area contributed by atoms with Crippen molar-refractivity contribution in [2.24, 2.45) is 5.92 Å². The van der Waals surface area contributed by atoms with Crippen LogP contribution in [0.5, 0.6) is 0 Å². The van der Waals surface area contributed by atoms with Gasteiger partial charge in [0.05, 0.1) is 19.3 Å². The molecule has 3 fully saturated rings. The summed E-state index contributed by atoms with van der Waals surface area (Å²) >= 11 is 0. The van der Waals surface area contributed by atoms with Crippen LogP contribution in [0.1, 0.15) is 45.4 Å². The lowest BCUT2D eigenvalue weighted by Crippen LogP contribution is -2.47. The van der Waals surface area contributed by atoms with Gasteiger partial charge in [-0.2, -0.15) is 0 Å². The summed E-state index contributed by atoms with van der Waals surface area (Å²) in [6.45, 7) is 8.29. The fourth-order valence-electron chi connectivity index (χ4n) is 4.48. The molecule has 3 rings (SSSR count). The molecule has 0 N–H and O–H groups in total. The zero-order valence-corrected chi connectivity index (χ0v) is 15.6. The van der Waals surface area contributed by atoms with Crippen LogP contribution in [-0.4, -0.2) is 85.0 Å². The number of morpholine rings is 1. The highest BCUT2D eigenvalue weighted by atomic mass is 16.5. The normalized spacial score (nSPS) is 25.5. The number of ether oxygens (including phenoxy) is 1. The van der Waals surface area contributed by atoms with E-state index in [4.69, 9.17) is 4.74 Å². The van der Waals surface area contributed by atoms with E-state index in [0.717, 1.165) is 52.4 Å². The van der Waals surface area contributed by atoms with Gasteiger partial charge in [0.2, 0.25) is 11.8 Å². The van der Waals surface area contributed by atoms with Gasteiger partial charge >= 0.3 is 0 Å². The van der Waals surface area contributed by atoms with E-state index < -0.39 is 0 Å². The SMILES string of the molecule is CC(=O)N(CCN1CCOCC1)C1CCN(C(=O)CC2CCCC2)C1.